The predicted molar refractivity (Wildman–Crippen MR) is 114 cm³/mol. The molecule has 0 spiro atoms. The van der Waals surface area contributed by atoms with Crippen LogP contribution in [0.2, 0.25) is 0 Å². The molecule has 31 heavy (non-hydrogen) atoms. The molecule has 3 aromatic rings. The van der Waals surface area contributed by atoms with Gasteiger partial charge in [0.15, 0.2) is 18.3 Å². The Kier molecular flexibility index (Phi) is 7.26. The van der Waals surface area contributed by atoms with E-state index in [1.54, 1.807) is 24.4 Å². The van der Waals surface area contributed by atoms with Crippen LogP contribution in [0.15, 0.2) is 53.1 Å². The molecule has 1 amide bonds. The van der Waals surface area contributed by atoms with Gasteiger partial charge in [0.1, 0.15) is 11.5 Å². The molecule has 162 valence electrons. The molecular formula is C23H24N2O6. The number of rotatable bonds is 9. The van der Waals surface area contributed by atoms with E-state index in [1.165, 1.54) is 14.2 Å². The summed E-state index contributed by atoms with van der Waals surface area (Å²) in [4.78, 5) is 28.2. The molecule has 1 N–H and O–H groups in total. The number of anilines is 1. The van der Waals surface area contributed by atoms with Gasteiger partial charge in [0.2, 0.25) is 0 Å². The van der Waals surface area contributed by atoms with Gasteiger partial charge in [0.05, 0.1) is 26.8 Å². The first-order valence-electron chi connectivity index (χ1n) is 9.67. The molecule has 1 heterocycles. The summed E-state index contributed by atoms with van der Waals surface area (Å²) in [7, 11) is 3.03. The zero-order valence-corrected chi connectivity index (χ0v) is 17.6. The van der Waals surface area contributed by atoms with E-state index in [0.29, 0.717) is 28.8 Å². The minimum atomic E-state index is -0.520. The van der Waals surface area contributed by atoms with Gasteiger partial charge in [-0.3, -0.25) is 9.59 Å². The van der Waals surface area contributed by atoms with Crippen molar-refractivity contribution >= 4 is 17.6 Å². The molecule has 0 unspecified atom stereocenters. The van der Waals surface area contributed by atoms with Crippen LogP contribution in [0.4, 0.5) is 5.69 Å². The highest BCUT2D eigenvalue weighted by atomic mass is 16.5. The third-order valence-corrected chi connectivity index (χ3v) is 4.43. The van der Waals surface area contributed by atoms with Gasteiger partial charge < -0.3 is 23.9 Å². The van der Waals surface area contributed by atoms with E-state index < -0.39 is 18.5 Å². The maximum atomic E-state index is 12.1. The number of carbonyl (C=O) groups is 2. The van der Waals surface area contributed by atoms with Gasteiger partial charge in [-0.1, -0.05) is 29.8 Å². The van der Waals surface area contributed by atoms with E-state index in [-0.39, 0.29) is 12.8 Å². The maximum absolute atomic E-state index is 12.1. The van der Waals surface area contributed by atoms with E-state index in [2.05, 4.69) is 10.3 Å². The highest BCUT2D eigenvalue weighted by molar-refractivity contribution is 5.93. The number of nitrogens with zero attached hydrogens (tertiary/aromatic N) is 1. The van der Waals surface area contributed by atoms with Gasteiger partial charge in [-0.25, -0.2) is 4.98 Å². The van der Waals surface area contributed by atoms with Crippen molar-refractivity contribution in [1.29, 1.82) is 0 Å². The van der Waals surface area contributed by atoms with Gasteiger partial charge in [-0.2, -0.15) is 0 Å². The van der Waals surface area contributed by atoms with Crippen LogP contribution in [0.1, 0.15) is 17.9 Å². The van der Waals surface area contributed by atoms with Crippen LogP contribution in [0.5, 0.6) is 11.5 Å². The summed E-state index contributed by atoms with van der Waals surface area (Å²) in [5, 5.41) is 2.64. The molecule has 0 aliphatic heterocycles. The van der Waals surface area contributed by atoms with Crippen LogP contribution in [-0.2, 0) is 20.7 Å². The summed E-state index contributed by atoms with van der Waals surface area (Å²) in [6.45, 7) is 1.60. The number of esters is 1. The van der Waals surface area contributed by atoms with Crippen LogP contribution >= 0.6 is 0 Å². The summed E-state index contributed by atoms with van der Waals surface area (Å²) >= 11 is 0. The van der Waals surface area contributed by atoms with Crippen molar-refractivity contribution in [1.82, 2.24) is 4.98 Å². The molecule has 0 aliphatic rings. The third kappa shape index (κ3) is 6.33. The van der Waals surface area contributed by atoms with Crippen molar-refractivity contribution in [3.63, 3.8) is 0 Å². The van der Waals surface area contributed by atoms with Gasteiger partial charge in [-0.05, 0) is 6.92 Å². The summed E-state index contributed by atoms with van der Waals surface area (Å²) < 4.78 is 21.0. The highest BCUT2D eigenvalue weighted by Crippen LogP contribution is 2.25. The van der Waals surface area contributed by atoms with Crippen LogP contribution < -0.4 is 14.8 Å². The summed E-state index contributed by atoms with van der Waals surface area (Å²) in [5.74, 6) is 1.14. The number of aromatic nitrogens is 1. The summed E-state index contributed by atoms with van der Waals surface area (Å²) in [6.07, 6.45) is 1.95. The van der Waals surface area contributed by atoms with Crippen molar-refractivity contribution < 1.29 is 28.2 Å². The molecule has 0 fully saturated rings. The number of aryl methyl sites for hydroxylation is 2. The van der Waals surface area contributed by atoms with Gasteiger partial charge >= 0.3 is 5.97 Å². The average molecular weight is 424 g/mol. The second-order valence-corrected chi connectivity index (χ2v) is 6.79. The van der Waals surface area contributed by atoms with E-state index in [4.69, 9.17) is 18.6 Å². The number of hydrogen-bond acceptors (Lipinski definition) is 7. The second-order valence-electron chi connectivity index (χ2n) is 6.79. The Labute approximate surface area is 180 Å². The fourth-order valence-corrected chi connectivity index (χ4v) is 2.78. The van der Waals surface area contributed by atoms with Gasteiger partial charge in [0, 0.05) is 35.9 Å². The number of benzene rings is 2. The second kappa shape index (κ2) is 10.3. The van der Waals surface area contributed by atoms with Crippen molar-refractivity contribution in [2.45, 2.75) is 19.8 Å². The van der Waals surface area contributed by atoms with Crippen LogP contribution in [0.3, 0.4) is 0 Å². The zero-order valence-electron chi connectivity index (χ0n) is 17.6. The minimum Gasteiger partial charge on any atom is -0.497 e. The van der Waals surface area contributed by atoms with Gasteiger partial charge in [0.25, 0.3) is 5.91 Å². The van der Waals surface area contributed by atoms with E-state index in [1.807, 2.05) is 31.2 Å². The smallest absolute Gasteiger partial charge is 0.306 e. The Morgan fingerprint density at radius 3 is 2.35 bits per heavy atom. The molecule has 3 rings (SSSR count). The number of methoxy groups -OCH3 is 2. The Balaban J connectivity index is 1.45. The summed E-state index contributed by atoms with van der Waals surface area (Å²) in [5.41, 5.74) is 2.54. The van der Waals surface area contributed by atoms with E-state index in [0.717, 1.165) is 11.1 Å². The van der Waals surface area contributed by atoms with Crippen molar-refractivity contribution in [2.75, 3.05) is 26.1 Å². The topological polar surface area (TPSA) is 99.9 Å². The molecule has 0 saturated heterocycles. The zero-order chi connectivity index (χ0) is 22.2. The highest BCUT2D eigenvalue weighted by Gasteiger charge is 2.12. The number of hydrogen-bond donors (Lipinski definition) is 1. The molecule has 2 aromatic carbocycles. The van der Waals surface area contributed by atoms with Crippen molar-refractivity contribution in [3.8, 4) is 22.8 Å². The molecule has 1 aromatic heterocycles. The number of nitrogens with one attached hydrogen (secondary N) is 1. The first-order chi connectivity index (χ1) is 15.0. The Bertz CT molecular complexity index is 1020. The lowest BCUT2D eigenvalue weighted by Crippen LogP contribution is -2.21. The maximum Gasteiger partial charge on any atom is 0.306 e. The SMILES string of the molecule is COc1cc(NC(=O)COC(=O)CCc2ncc(-c3ccc(C)cc3)o2)cc(OC)c1. The quantitative estimate of drug-likeness (QED) is 0.522. The predicted octanol–water partition coefficient (Wildman–Crippen LogP) is 3.78. The summed E-state index contributed by atoms with van der Waals surface area (Å²) in [6, 6.07) is 12.8. The largest absolute Gasteiger partial charge is 0.497 e. The lowest BCUT2D eigenvalue weighted by Gasteiger charge is -2.10. The number of ether oxygens (including phenoxy) is 3. The fraction of sp³-hybridized carbons (Fsp3) is 0.261. The molecule has 0 saturated carbocycles. The molecule has 0 atom stereocenters. The lowest BCUT2D eigenvalue weighted by molar-refractivity contribution is -0.147. The van der Waals surface area contributed by atoms with Crippen LogP contribution in [0.25, 0.3) is 11.3 Å². The molecular weight excluding hydrogens is 400 g/mol. The van der Waals surface area contributed by atoms with Crippen LogP contribution in [-0.4, -0.2) is 37.7 Å². The fourth-order valence-electron chi connectivity index (χ4n) is 2.78. The number of amides is 1. The number of carbonyl (C=O) groups excluding carboxylic acids is 2. The molecule has 0 aliphatic carbocycles. The van der Waals surface area contributed by atoms with Crippen LogP contribution in [0, 0.1) is 6.92 Å². The molecule has 8 heteroatoms. The standard InChI is InChI=1S/C23H24N2O6/c1-15-4-6-16(7-5-15)20-13-24-22(31-20)8-9-23(27)30-14-21(26)25-17-10-18(28-2)12-19(11-17)29-3/h4-7,10-13H,8-9,14H2,1-3H3,(H,25,26). The van der Waals surface area contributed by atoms with Gasteiger partial charge in [-0.15, -0.1) is 0 Å². The Hall–Kier alpha value is -3.81. The lowest BCUT2D eigenvalue weighted by atomic mass is 10.1. The van der Waals surface area contributed by atoms with Crippen molar-refractivity contribution in [2.24, 2.45) is 0 Å². The Morgan fingerprint density at radius 2 is 1.71 bits per heavy atom. The van der Waals surface area contributed by atoms with E-state index >= 15 is 0 Å². The third-order valence-electron chi connectivity index (χ3n) is 4.43. The molecule has 8 nitrogen and oxygen atoms in total. The van der Waals surface area contributed by atoms with Crippen molar-refractivity contribution in [3.05, 3.63) is 60.1 Å². The number of oxazole rings is 1. The first kappa shape index (κ1) is 21.9. The minimum absolute atomic E-state index is 0.0497. The molecule has 0 radical (unpaired) electrons. The Morgan fingerprint density at radius 1 is 1.03 bits per heavy atom. The normalized spacial score (nSPS) is 10.4. The monoisotopic (exact) mass is 424 g/mol. The van der Waals surface area contributed by atoms with E-state index in [9.17, 15) is 9.59 Å². The molecule has 0 bridgehead atoms. The average Bonchev–Trinajstić information content (AvgIpc) is 3.25. The first-order valence-corrected chi connectivity index (χ1v) is 9.67.